The molecule has 3 aromatic heterocycles. The van der Waals surface area contributed by atoms with E-state index in [0.717, 1.165) is 32.2 Å². The number of hydrogen-bond acceptors (Lipinski definition) is 6. The molecule has 0 amide bonds. The molecule has 0 radical (unpaired) electrons. The molecule has 0 spiro atoms. The number of nitrogens with one attached hydrogen (secondary N) is 1. The smallest absolute Gasteiger partial charge is 0.302 e. The van der Waals surface area contributed by atoms with Crippen LogP contribution in [0.15, 0.2) is 63.3 Å². The molecule has 1 unspecified atom stereocenters. The van der Waals surface area contributed by atoms with Gasteiger partial charge in [0, 0.05) is 41.5 Å². The number of aromatic amines is 1. The quantitative estimate of drug-likeness (QED) is 0.281. The van der Waals surface area contributed by atoms with Crippen LogP contribution in [0.5, 0.6) is 5.75 Å². The van der Waals surface area contributed by atoms with Crippen molar-refractivity contribution in [3.63, 3.8) is 0 Å². The molecular formula is C26H22BrN3O4S. The fraction of sp³-hybridized carbons (Fsp3) is 0.192. The number of aromatic nitrogens is 3. The van der Waals surface area contributed by atoms with Gasteiger partial charge in [-0.25, -0.2) is 4.98 Å². The molecule has 0 saturated carbocycles. The lowest BCUT2D eigenvalue weighted by molar-refractivity contribution is -0.140. The molecule has 2 aromatic carbocycles. The molecule has 9 heteroatoms. The third-order valence-corrected chi connectivity index (χ3v) is 7.53. The van der Waals surface area contributed by atoms with E-state index in [2.05, 4.69) is 25.9 Å². The molecule has 7 nitrogen and oxygen atoms in total. The summed E-state index contributed by atoms with van der Waals surface area (Å²) in [4.78, 5) is 33.6. The van der Waals surface area contributed by atoms with E-state index in [0.29, 0.717) is 16.8 Å². The van der Waals surface area contributed by atoms with Gasteiger partial charge in [0.2, 0.25) is 0 Å². The fourth-order valence-corrected chi connectivity index (χ4v) is 5.78. The van der Waals surface area contributed by atoms with E-state index in [9.17, 15) is 14.7 Å². The number of carbonyl (C=O) groups excluding carboxylic acids is 1. The molecule has 0 bridgehead atoms. The van der Waals surface area contributed by atoms with Crippen LogP contribution in [0.2, 0.25) is 0 Å². The number of fused-ring (bicyclic) bond motifs is 2. The second kappa shape index (κ2) is 9.31. The molecule has 1 atom stereocenters. The number of aryl methyl sites for hydroxylation is 1. The van der Waals surface area contributed by atoms with Crippen LogP contribution in [-0.4, -0.2) is 32.2 Å². The van der Waals surface area contributed by atoms with Gasteiger partial charge >= 0.3 is 5.97 Å². The van der Waals surface area contributed by atoms with Crippen molar-refractivity contribution < 1.29 is 14.6 Å². The van der Waals surface area contributed by atoms with Gasteiger partial charge in [-0.2, -0.15) is 0 Å². The fourth-order valence-electron chi connectivity index (χ4n) is 4.60. The summed E-state index contributed by atoms with van der Waals surface area (Å²) in [6, 6.07) is 15.5. The molecule has 0 fully saturated rings. The highest BCUT2D eigenvalue weighted by molar-refractivity contribution is 9.10. The number of halogens is 1. The van der Waals surface area contributed by atoms with Gasteiger partial charge in [-0.15, -0.1) is 11.3 Å². The number of aromatic hydroxyl groups is 1. The molecule has 0 aliphatic carbocycles. The SMILES string of the molecule is CC(=O)OCCc1c(C(c2cccc(Br)c2)c2c(O)c3ncsc3n(C)c2=O)[nH]c2ccccc12. The van der Waals surface area contributed by atoms with Crippen LogP contribution in [0.25, 0.3) is 21.3 Å². The largest absolute Gasteiger partial charge is 0.505 e. The van der Waals surface area contributed by atoms with Crippen LogP contribution < -0.4 is 5.56 Å². The van der Waals surface area contributed by atoms with Crippen LogP contribution in [0, 0.1) is 0 Å². The molecule has 0 saturated heterocycles. The molecule has 35 heavy (non-hydrogen) atoms. The van der Waals surface area contributed by atoms with E-state index in [1.807, 2.05) is 48.5 Å². The van der Waals surface area contributed by atoms with E-state index < -0.39 is 5.92 Å². The zero-order chi connectivity index (χ0) is 24.7. The number of hydrogen-bond donors (Lipinski definition) is 2. The van der Waals surface area contributed by atoms with Crippen LogP contribution in [0.4, 0.5) is 0 Å². The summed E-state index contributed by atoms with van der Waals surface area (Å²) in [5, 5.41) is 12.3. The number of pyridine rings is 1. The third-order valence-electron chi connectivity index (χ3n) is 6.13. The number of para-hydroxylation sites is 1. The molecule has 0 aliphatic heterocycles. The minimum Gasteiger partial charge on any atom is -0.505 e. The zero-order valence-corrected chi connectivity index (χ0v) is 21.4. The van der Waals surface area contributed by atoms with Crippen molar-refractivity contribution in [2.45, 2.75) is 19.3 Å². The second-order valence-corrected chi connectivity index (χ2v) is 10.0. The van der Waals surface area contributed by atoms with Gasteiger partial charge in [0.15, 0.2) is 5.75 Å². The average Bonchev–Trinajstić information content (AvgIpc) is 3.46. The summed E-state index contributed by atoms with van der Waals surface area (Å²) >= 11 is 4.85. The minimum absolute atomic E-state index is 0.126. The summed E-state index contributed by atoms with van der Waals surface area (Å²) in [7, 11) is 1.69. The first kappa shape index (κ1) is 23.3. The Balaban J connectivity index is 1.82. The first-order chi connectivity index (χ1) is 16.9. The van der Waals surface area contributed by atoms with E-state index in [-0.39, 0.29) is 29.4 Å². The first-order valence-corrected chi connectivity index (χ1v) is 12.7. The predicted molar refractivity (Wildman–Crippen MR) is 140 cm³/mol. The first-order valence-electron chi connectivity index (χ1n) is 11.0. The van der Waals surface area contributed by atoms with Gasteiger partial charge < -0.3 is 19.4 Å². The van der Waals surface area contributed by atoms with Gasteiger partial charge in [0.05, 0.1) is 23.6 Å². The maximum absolute atomic E-state index is 13.7. The standard InChI is InChI=1S/C26H22BrN3O4S/c1-14(31)34-11-10-18-17-8-3-4-9-19(17)29-22(18)20(15-6-5-7-16(27)12-15)21-24(32)23-26(35-13-28-23)30(2)25(21)33/h3-9,12-13,20,29,32H,10-11H2,1-2H3. The molecule has 2 N–H and O–H groups in total. The number of rotatable bonds is 6. The Morgan fingerprint density at radius 3 is 2.83 bits per heavy atom. The lowest BCUT2D eigenvalue weighted by atomic mass is 9.85. The van der Waals surface area contributed by atoms with Crippen molar-refractivity contribution in [3.8, 4) is 5.75 Å². The van der Waals surface area contributed by atoms with Crippen molar-refractivity contribution in [1.29, 1.82) is 0 Å². The highest BCUT2D eigenvalue weighted by atomic mass is 79.9. The summed E-state index contributed by atoms with van der Waals surface area (Å²) < 4.78 is 7.65. The van der Waals surface area contributed by atoms with Gasteiger partial charge in [0.1, 0.15) is 10.3 Å². The molecular weight excluding hydrogens is 530 g/mol. The number of H-pyrrole nitrogens is 1. The summed E-state index contributed by atoms with van der Waals surface area (Å²) in [6.07, 6.45) is 0.448. The Morgan fingerprint density at radius 2 is 2.06 bits per heavy atom. The lowest BCUT2D eigenvalue weighted by Gasteiger charge is -2.21. The minimum atomic E-state index is -0.614. The number of benzene rings is 2. The molecule has 3 heterocycles. The van der Waals surface area contributed by atoms with E-state index >= 15 is 0 Å². The number of carbonyl (C=O) groups is 1. The highest BCUT2D eigenvalue weighted by Crippen LogP contribution is 2.41. The summed E-state index contributed by atoms with van der Waals surface area (Å²) in [5.74, 6) is -1.09. The van der Waals surface area contributed by atoms with E-state index in [1.54, 1.807) is 12.6 Å². The number of ether oxygens (including phenoxy) is 1. The highest BCUT2D eigenvalue weighted by Gasteiger charge is 2.31. The Labute approximate surface area is 213 Å². The van der Waals surface area contributed by atoms with Crippen molar-refractivity contribution in [3.05, 3.63) is 91.3 Å². The van der Waals surface area contributed by atoms with Gasteiger partial charge in [-0.3, -0.25) is 9.59 Å². The number of esters is 1. The van der Waals surface area contributed by atoms with Crippen LogP contribution in [0.3, 0.4) is 0 Å². The van der Waals surface area contributed by atoms with Gasteiger partial charge in [-0.1, -0.05) is 46.3 Å². The van der Waals surface area contributed by atoms with E-state index in [1.165, 1.54) is 22.8 Å². The van der Waals surface area contributed by atoms with E-state index in [4.69, 9.17) is 4.74 Å². The monoisotopic (exact) mass is 551 g/mol. The van der Waals surface area contributed by atoms with Gasteiger partial charge in [-0.05, 0) is 29.3 Å². The van der Waals surface area contributed by atoms with Crippen molar-refractivity contribution in [1.82, 2.24) is 14.5 Å². The predicted octanol–water partition coefficient (Wildman–Crippen LogP) is 5.23. The summed E-state index contributed by atoms with van der Waals surface area (Å²) in [6.45, 7) is 1.58. The third kappa shape index (κ3) is 4.15. The Kier molecular flexibility index (Phi) is 6.21. The van der Waals surface area contributed by atoms with Crippen LogP contribution in [-0.2, 0) is 23.0 Å². The maximum Gasteiger partial charge on any atom is 0.302 e. The number of nitrogens with zero attached hydrogens (tertiary/aromatic N) is 2. The second-order valence-electron chi connectivity index (χ2n) is 8.27. The van der Waals surface area contributed by atoms with Crippen molar-refractivity contribution in [2.24, 2.45) is 7.05 Å². The normalized spacial score (nSPS) is 12.3. The molecule has 5 rings (SSSR count). The number of thiazole rings is 1. The zero-order valence-electron chi connectivity index (χ0n) is 19.0. The molecule has 178 valence electrons. The molecule has 0 aliphatic rings. The van der Waals surface area contributed by atoms with Gasteiger partial charge in [0.25, 0.3) is 5.56 Å². The van der Waals surface area contributed by atoms with Crippen LogP contribution >= 0.6 is 27.3 Å². The summed E-state index contributed by atoms with van der Waals surface area (Å²) in [5.41, 5.74) is 5.36. The lowest BCUT2D eigenvalue weighted by Crippen LogP contribution is -2.25. The van der Waals surface area contributed by atoms with Crippen LogP contribution in [0.1, 0.15) is 35.2 Å². The topological polar surface area (TPSA) is 97.2 Å². The Hall–Kier alpha value is -3.43. The maximum atomic E-state index is 13.7. The Bertz CT molecular complexity index is 1640. The van der Waals surface area contributed by atoms with Crippen molar-refractivity contribution in [2.75, 3.05) is 6.61 Å². The molecule has 5 aromatic rings. The average molecular weight is 552 g/mol. The Morgan fingerprint density at radius 1 is 1.26 bits per heavy atom. The van der Waals surface area contributed by atoms with Crippen molar-refractivity contribution >= 4 is 54.5 Å².